The van der Waals surface area contributed by atoms with Crippen LogP contribution in [0.3, 0.4) is 0 Å². The Morgan fingerprint density at radius 2 is 1.69 bits per heavy atom. The zero-order valence-corrected chi connectivity index (χ0v) is 8.29. The first-order valence-corrected chi connectivity index (χ1v) is 5.18. The average Bonchev–Trinajstić information content (AvgIpc) is 2.20. The molecular weight excluding hydrogens is 158 g/mol. The zero-order chi connectivity index (χ0) is 9.10. The molecule has 0 unspecified atom stereocenters. The molecule has 1 heterocycles. The Bertz CT molecular complexity index is 274. The molecule has 1 heteroatoms. The molecule has 0 saturated carbocycles. The molecule has 1 fully saturated rings. The topological polar surface area (TPSA) is 3.24 Å². The van der Waals surface area contributed by atoms with Crippen LogP contribution in [0.4, 0.5) is 5.69 Å². The van der Waals surface area contributed by atoms with Crippen LogP contribution in [0.2, 0.25) is 0 Å². The molecule has 0 bridgehead atoms. The van der Waals surface area contributed by atoms with Crippen molar-refractivity contribution in [3.8, 4) is 0 Å². The van der Waals surface area contributed by atoms with E-state index in [9.17, 15) is 0 Å². The Morgan fingerprint density at radius 1 is 1.00 bits per heavy atom. The Hall–Kier alpha value is -0.980. The number of hydrogen-bond donors (Lipinski definition) is 0. The summed E-state index contributed by atoms with van der Waals surface area (Å²) in [5, 5.41) is 0. The van der Waals surface area contributed by atoms with E-state index in [1.54, 1.807) is 0 Å². The normalized spacial score (nSPS) is 17.5. The van der Waals surface area contributed by atoms with Gasteiger partial charge in [0.2, 0.25) is 0 Å². The molecule has 0 N–H and O–H groups in total. The van der Waals surface area contributed by atoms with Gasteiger partial charge in [0.25, 0.3) is 0 Å². The van der Waals surface area contributed by atoms with E-state index < -0.39 is 0 Å². The molecule has 1 aromatic carbocycles. The highest BCUT2D eigenvalue weighted by Gasteiger charge is 2.11. The molecule has 0 atom stereocenters. The number of nitrogens with zero attached hydrogens (tertiary/aromatic N) is 1. The maximum atomic E-state index is 2.51. The molecule has 0 spiro atoms. The van der Waals surface area contributed by atoms with E-state index in [0.717, 1.165) is 0 Å². The van der Waals surface area contributed by atoms with Crippen LogP contribution >= 0.6 is 0 Å². The third kappa shape index (κ3) is 1.85. The fourth-order valence-corrected chi connectivity index (χ4v) is 2.05. The number of hydrogen-bond acceptors (Lipinski definition) is 1. The molecule has 1 aliphatic heterocycles. The maximum absolute atomic E-state index is 2.51. The first-order chi connectivity index (χ1) is 6.38. The Balaban J connectivity index is 2.18. The number of para-hydroxylation sites is 1. The number of aryl methyl sites for hydroxylation is 1. The highest BCUT2D eigenvalue weighted by Crippen LogP contribution is 2.22. The lowest BCUT2D eigenvalue weighted by atomic mass is 10.1. The van der Waals surface area contributed by atoms with E-state index in [1.165, 1.54) is 43.6 Å². The SMILES string of the molecule is Cc1ccccc1N1CCCCC1. The molecule has 0 aromatic heterocycles. The van der Waals surface area contributed by atoms with Gasteiger partial charge in [-0.2, -0.15) is 0 Å². The molecule has 0 radical (unpaired) electrons. The summed E-state index contributed by atoms with van der Waals surface area (Å²) in [6.45, 7) is 4.68. The number of anilines is 1. The molecule has 0 aliphatic carbocycles. The Labute approximate surface area is 80.4 Å². The van der Waals surface area contributed by atoms with Crippen molar-refractivity contribution >= 4 is 5.69 Å². The average molecular weight is 175 g/mol. The van der Waals surface area contributed by atoms with Gasteiger partial charge in [0.15, 0.2) is 0 Å². The minimum atomic E-state index is 1.24. The summed E-state index contributed by atoms with van der Waals surface area (Å²) in [6, 6.07) is 8.68. The summed E-state index contributed by atoms with van der Waals surface area (Å²) in [7, 11) is 0. The van der Waals surface area contributed by atoms with Crippen molar-refractivity contribution in [1.29, 1.82) is 0 Å². The molecule has 13 heavy (non-hydrogen) atoms. The lowest BCUT2D eigenvalue weighted by molar-refractivity contribution is 0.577. The largest absolute Gasteiger partial charge is 0.371 e. The first kappa shape index (κ1) is 8.61. The predicted molar refractivity (Wildman–Crippen MR) is 57.2 cm³/mol. The lowest BCUT2D eigenvalue weighted by Crippen LogP contribution is -2.29. The van der Waals surface area contributed by atoms with Crippen LogP contribution < -0.4 is 4.90 Å². The van der Waals surface area contributed by atoms with Crippen LogP contribution in [-0.4, -0.2) is 13.1 Å². The monoisotopic (exact) mass is 175 g/mol. The predicted octanol–water partition coefficient (Wildman–Crippen LogP) is 2.99. The molecule has 1 saturated heterocycles. The number of benzene rings is 1. The van der Waals surface area contributed by atoms with Crippen LogP contribution in [0.25, 0.3) is 0 Å². The molecule has 70 valence electrons. The summed E-state index contributed by atoms with van der Waals surface area (Å²) in [5.74, 6) is 0. The second kappa shape index (κ2) is 3.82. The van der Waals surface area contributed by atoms with Gasteiger partial charge in [-0.05, 0) is 37.8 Å². The van der Waals surface area contributed by atoms with Crippen molar-refractivity contribution in [1.82, 2.24) is 0 Å². The maximum Gasteiger partial charge on any atom is 0.0395 e. The molecule has 1 aliphatic rings. The smallest absolute Gasteiger partial charge is 0.0395 e. The minimum Gasteiger partial charge on any atom is -0.371 e. The van der Waals surface area contributed by atoms with Crippen molar-refractivity contribution in [2.45, 2.75) is 26.2 Å². The van der Waals surface area contributed by atoms with Gasteiger partial charge >= 0.3 is 0 Å². The van der Waals surface area contributed by atoms with E-state index in [4.69, 9.17) is 0 Å². The van der Waals surface area contributed by atoms with E-state index in [2.05, 4.69) is 36.1 Å². The standard InChI is InChI=1S/C12H17N/c1-11-7-3-4-8-12(11)13-9-5-2-6-10-13/h3-4,7-8H,2,5-6,9-10H2,1H3. The van der Waals surface area contributed by atoms with Crippen LogP contribution in [0.5, 0.6) is 0 Å². The summed E-state index contributed by atoms with van der Waals surface area (Å²) in [4.78, 5) is 2.51. The van der Waals surface area contributed by atoms with Crippen LogP contribution in [0, 0.1) is 6.92 Å². The molecule has 1 aromatic rings. The first-order valence-electron chi connectivity index (χ1n) is 5.18. The van der Waals surface area contributed by atoms with E-state index in [-0.39, 0.29) is 0 Å². The Morgan fingerprint density at radius 3 is 2.38 bits per heavy atom. The third-order valence-corrected chi connectivity index (χ3v) is 2.81. The van der Waals surface area contributed by atoms with Gasteiger partial charge in [-0.1, -0.05) is 18.2 Å². The van der Waals surface area contributed by atoms with Crippen molar-refractivity contribution in [3.63, 3.8) is 0 Å². The van der Waals surface area contributed by atoms with Gasteiger partial charge in [-0.3, -0.25) is 0 Å². The van der Waals surface area contributed by atoms with Crippen molar-refractivity contribution in [3.05, 3.63) is 29.8 Å². The number of piperidine rings is 1. The Kier molecular flexibility index (Phi) is 2.53. The van der Waals surface area contributed by atoms with E-state index in [0.29, 0.717) is 0 Å². The van der Waals surface area contributed by atoms with Crippen LogP contribution in [-0.2, 0) is 0 Å². The van der Waals surface area contributed by atoms with Crippen LogP contribution in [0.15, 0.2) is 24.3 Å². The van der Waals surface area contributed by atoms with Gasteiger partial charge in [0.05, 0.1) is 0 Å². The molecule has 2 rings (SSSR count). The lowest BCUT2D eigenvalue weighted by Gasteiger charge is -2.30. The molecule has 1 nitrogen and oxygen atoms in total. The third-order valence-electron chi connectivity index (χ3n) is 2.81. The number of rotatable bonds is 1. The van der Waals surface area contributed by atoms with Gasteiger partial charge in [-0.25, -0.2) is 0 Å². The van der Waals surface area contributed by atoms with Gasteiger partial charge in [-0.15, -0.1) is 0 Å². The van der Waals surface area contributed by atoms with Gasteiger partial charge < -0.3 is 4.90 Å². The van der Waals surface area contributed by atoms with Crippen molar-refractivity contribution in [2.24, 2.45) is 0 Å². The summed E-state index contributed by atoms with van der Waals surface area (Å²) >= 11 is 0. The van der Waals surface area contributed by atoms with Gasteiger partial charge in [0.1, 0.15) is 0 Å². The second-order valence-corrected chi connectivity index (χ2v) is 3.83. The summed E-state index contributed by atoms with van der Waals surface area (Å²) in [5.41, 5.74) is 2.84. The van der Waals surface area contributed by atoms with E-state index >= 15 is 0 Å². The van der Waals surface area contributed by atoms with Crippen molar-refractivity contribution in [2.75, 3.05) is 18.0 Å². The quantitative estimate of drug-likeness (QED) is 0.634. The van der Waals surface area contributed by atoms with Crippen LogP contribution in [0.1, 0.15) is 24.8 Å². The fraction of sp³-hybridized carbons (Fsp3) is 0.500. The molecular formula is C12H17N. The minimum absolute atomic E-state index is 1.24. The molecule has 0 amide bonds. The zero-order valence-electron chi connectivity index (χ0n) is 8.29. The fourth-order valence-electron chi connectivity index (χ4n) is 2.05. The van der Waals surface area contributed by atoms with E-state index in [1.807, 2.05) is 0 Å². The van der Waals surface area contributed by atoms with Gasteiger partial charge in [0, 0.05) is 18.8 Å². The highest BCUT2D eigenvalue weighted by atomic mass is 15.1. The highest BCUT2D eigenvalue weighted by molar-refractivity contribution is 5.53. The summed E-state index contributed by atoms with van der Waals surface area (Å²) < 4.78 is 0. The summed E-state index contributed by atoms with van der Waals surface area (Å²) in [6.07, 6.45) is 4.12. The second-order valence-electron chi connectivity index (χ2n) is 3.83. The van der Waals surface area contributed by atoms with Crippen molar-refractivity contribution < 1.29 is 0 Å².